The second kappa shape index (κ2) is 4.34. The van der Waals surface area contributed by atoms with Crippen molar-refractivity contribution in [3.63, 3.8) is 0 Å². The summed E-state index contributed by atoms with van der Waals surface area (Å²) in [6.07, 6.45) is 2.58. The van der Waals surface area contributed by atoms with Crippen molar-refractivity contribution in [3.8, 4) is 5.75 Å². The van der Waals surface area contributed by atoms with Crippen molar-refractivity contribution in [1.82, 2.24) is 9.97 Å². The Morgan fingerprint density at radius 1 is 1.24 bits per heavy atom. The summed E-state index contributed by atoms with van der Waals surface area (Å²) >= 11 is 5.91. The van der Waals surface area contributed by atoms with Gasteiger partial charge in [-0.15, -0.1) is 0 Å². The fourth-order valence-corrected chi connectivity index (χ4v) is 2.27. The Hall–Kier alpha value is -1.61. The Morgan fingerprint density at radius 3 is 3.00 bits per heavy atom. The molecule has 0 radical (unpaired) electrons. The number of rotatable bonds is 1. The van der Waals surface area contributed by atoms with E-state index in [-0.39, 0.29) is 5.92 Å². The maximum absolute atomic E-state index is 5.91. The van der Waals surface area contributed by atoms with E-state index in [1.165, 1.54) is 0 Å². The van der Waals surface area contributed by atoms with E-state index in [0.29, 0.717) is 11.8 Å². The summed E-state index contributed by atoms with van der Waals surface area (Å²) in [5.41, 5.74) is 1.14. The Bertz CT molecular complexity index is 544. The van der Waals surface area contributed by atoms with Gasteiger partial charge >= 0.3 is 0 Å². The van der Waals surface area contributed by atoms with E-state index in [4.69, 9.17) is 16.3 Å². The SMILES string of the molecule is Clc1ccnc(C2CCOc3ccccc32)n1. The van der Waals surface area contributed by atoms with Crippen molar-refractivity contribution >= 4 is 11.6 Å². The number of hydrogen-bond donors (Lipinski definition) is 0. The van der Waals surface area contributed by atoms with Crippen molar-refractivity contribution in [2.75, 3.05) is 6.61 Å². The molecule has 0 N–H and O–H groups in total. The highest BCUT2D eigenvalue weighted by molar-refractivity contribution is 6.29. The predicted molar refractivity (Wildman–Crippen MR) is 65.4 cm³/mol. The number of nitrogens with zero attached hydrogens (tertiary/aromatic N) is 2. The first-order valence-electron chi connectivity index (χ1n) is 5.55. The van der Waals surface area contributed by atoms with Crippen LogP contribution in [0.3, 0.4) is 0 Å². The molecule has 0 saturated heterocycles. The lowest BCUT2D eigenvalue weighted by molar-refractivity contribution is 0.274. The maximum atomic E-state index is 5.91. The lowest BCUT2D eigenvalue weighted by Gasteiger charge is -2.24. The van der Waals surface area contributed by atoms with Gasteiger partial charge in [-0.25, -0.2) is 9.97 Å². The molecular weight excluding hydrogens is 236 g/mol. The Labute approximate surface area is 104 Å². The number of halogens is 1. The van der Waals surface area contributed by atoms with E-state index in [9.17, 15) is 0 Å². The van der Waals surface area contributed by atoms with E-state index in [1.807, 2.05) is 18.2 Å². The van der Waals surface area contributed by atoms with Crippen LogP contribution in [0.15, 0.2) is 36.5 Å². The lowest BCUT2D eigenvalue weighted by atomic mass is 9.92. The van der Waals surface area contributed by atoms with Crippen LogP contribution in [0.25, 0.3) is 0 Å². The first-order valence-corrected chi connectivity index (χ1v) is 5.92. The standard InChI is InChI=1S/C13H11ClN2O/c14-12-5-7-15-13(16-12)10-6-8-17-11-4-2-1-3-9(10)11/h1-5,7,10H,6,8H2. The normalized spacial score (nSPS) is 18.3. The molecule has 1 aliphatic rings. The zero-order chi connectivity index (χ0) is 11.7. The number of ether oxygens (including phenoxy) is 1. The summed E-state index contributed by atoms with van der Waals surface area (Å²) in [4.78, 5) is 8.61. The first-order chi connectivity index (χ1) is 8.34. The molecule has 0 saturated carbocycles. The van der Waals surface area contributed by atoms with Gasteiger partial charge in [-0.2, -0.15) is 0 Å². The molecule has 3 nitrogen and oxygen atoms in total. The molecule has 0 amide bonds. The highest BCUT2D eigenvalue weighted by atomic mass is 35.5. The molecule has 1 aliphatic heterocycles. The highest BCUT2D eigenvalue weighted by Gasteiger charge is 2.24. The van der Waals surface area contributed by atoms with Crippen LogP contribution in [0.1, 0.15) is 23.7 Å². The van der Waals surface area contributed by atoms with Gasteiger partial charge in [0.25, 0.3) is 0 Å². The van der Waals surface area contributed by atoms with E-state index in [1.54, 1.807) is 12.3 Å². The minimum Gasteiger partial charge on any atom is -0.493 e. The van der Waals surface area contributed by atoms with E-state index in [2.05, 4.69) is 16.0 Å². The van der Waals surface area contributed by atoms with Crippen LogP contribution in [0.4, 0.5) is 0 Å². The summed E-state index contributed by atoms with van der Waals surface area (Å²) in [6.45, 7) is 0.692. The quantitative estimate of drug-likeness (QED) is 0.726. The van der Waals surface area contributed by atoms with Crippen LogP contribution in [-0.4, -0.2) is 16.6 Å². The molecule has 2 aromatic rings. The molecule has 3 rings (SSSR count). The van der Waals surface area contributed by atoms with Crippen LogP contribution in [0.2, 0.25) is 5.15 Å². The lowest BCUT2D eigenvalue weighted by Crippen LogP contribution is -2.17. The van der Waals surface area contributed by atoms with Gasteiger partial charge in [0.2, 0.25) is 0 Å². The fraction of sp³-hybridized carbons (Fsp3) is 0.231. The molecule has 1 aromatic heterocycles. The topological polar surface area (TPSA) is 35.0 Å². The average molecular weight is 247 g/mol. The zero-order valence-corrected chi connectivity index (χ0v) is 9.89. The summed E-state index contributed by atoms with van der Waals surface area (Å²) < 4.78 is 5.62. The van der Waals surface area contributed by atoms with Gasteiger partial charge in [-0.1, -0.05) is 29.8 Å². The van der Waals surface area contributed by atoms with Gasteiger partial charge < -0.3 is 4.74 Å². The van der Waals surface area contributed by atoms with Gasteiger partial charge in [-0.05, 0) is 18.6 Å². The zero-order valence-electron chi connectivity index (χ0n) is 9.14. The molecule has 0 fully saturated rings. The van der Waals surface area contributed by atoms with Crippen molar-refractivity contribution in [2.24, 2.45) is 0 Å². The molecular formula is C13H11ClN2O. The molecule has 0 bridgehead atoms. The molecule has 0 spiro atoms. The van der Waals surface area contributed by atoms with E-state index >= 15 is 0 Å². The van der Waals surface area contributed by atoms with Crippen molar-refractivity contribution < 1.29 is 4.74 Å². The summed E-state index contributed by atoms with van der Waals surface area (Å²) in [6, 6.07) is 9.71. The number of fused-ring (bicyclic) bond motifs is 1. The van der Waals surface area contributed by atoms with Crippen LogP contribution in [-0.2, 0) is 0 Å². The van der Waals surface area contributed by atoms with Crippen LogP contribution >= 0.6 is 11.6 Å². The predicted octanol–water partition coefficient (Wildman–Crippen LogP) is 3.04. The Balaban J connectivity index is 2.06. The van der Waals surface area contributed by atoms with Gasteiger partial charge in [0.15, 0.2) is 0 Å². The summed E-state index contributed by atoms with van der Waals surface area (Å²) in [7, 11) is 0. The highest BCUT2D eigenvalue weighted by Crippen LogP contribution is 2.36. The summed E-state index contributed by atoms with van der Waals surface area (Å²) in [5.74, 6) is 1.87. The maximum Gasteiger partial charge on any atom is 0.137 e. The minimum atomic E-state index is 0.179. The molecule has 2 heterocycles. The first kappa shape index (κ1) is 10.5. The number of hydrogen-bond acceptors (Lipinski definition) is 3. The minimum absolute atomic E-state index is 0.179. The second-order valence-corrected chi connectivity index (χ2v) is 4.35. The van der Waals surface area contributed by atoms with Crippen molar-refractivity contribution in [3.05, 3.63) is 53.1 Å². The largest absolute Gasteiger partial charge is 0.493 e. The van der Waals surface area contributed by atoms with Crippen molar-refractivity contribution in [2.45, 2.75) is 12.3 Å². The van der Waals surface area contributed by atoms with Crippen LogP contribution < -0.4 is 4.74 Å². The molecule has 4 heteroatoms. The Morgan fingerprint density at radius 2 is 2.12 bits per heavy atom. The van der Waals surface area contributed by atoms with Gasteiger partial charge in [0.1, 0.15) is 16.7 Å². The molecule has 0 aliphatic carbocycles. The fourth-order valence-electron chi connectivity index (χ4n) is 2.13. The third-order valence-electron chi connectivity index (χ3n) is 2.91. The second-order valence-electron chi connectivity index (χ2n) is 3.97. The molecule has 1 unspecified atom stereocenters. The van der Waals surface area contributed by atoms with E-state index < -0.39 is 0 Å². The average Bonchev–Trinajstić information content (AvgIpc) is 2.38. The Kier molecular flexibility index (Phi) is 2.69. The van der Waals surface area contributed by atoms with Crippen LogP contribution in [0, 0.1) is 0 Å². The molecule has 17 heavy (non-hydrogen) atoms. The number of aromatic nitrogens is 2. The third-order valence-corrected chi connectivity index (χ3v) is 3.12. The monoisotopic (exact) mass is 246 g/mol. The van der Waals surface area contributed by atoms with Crippen molar-refractivity contribution in [1.29, 1.82) is 0 Å². The summed E-state index contributed by atoms with van der Waals surface area (Å²) in [5, 5.41) is 0.485. The van der Waals surface area contributed by atoms with Crippen LogP contribution in [0.5, 0.6) is 5.75 Å². The van der Waals surface area contributed by atoms with E-state index in [0.717, 1.165) is 23.6 Å². The van der Waals surface area contributed by atoms with Gasteiger partial charge in [0.05, 0.1) is 12.5 Å². The number of benzene rings is 1. The molecule has 86 valence electrons. The van der Waals surface area contributed by atoms with Gasteiger partial charge in [0, 0.05) is 11.8 Å². The smallest absolute Gasteiger partial charge is 0.137 e. The van der Waals surface area contributed by atoms with Gasteiger partial charge in [-0.3, -0.25) is 0 Å². The number of para-hydroxylation sites is 1. The molecule has 1 atom stereocenters. The molecule has 1 aromatic carbocycles. The third kappa shape index (κ3) is 1.98.